The van der Waals surface area contributed by atoms with Crippen molar-refractivity contribution in [2.45, 2.75) is 13.3 Å². The van der Waals surface area contributed by atoms with Crippen LogP contribution in [0.5, 0.6) is 0 Å². The van der Waals surface area contributed by atoms with Crippen LogP contribution in [0.2, 0.25) is 0 Å². The van der Waals surface area contributed by atoms with Crippen molar-refractivity contribution in [2.75, 3.05) is 5.32 Å². The second-order valence-electron chi connectivity index (χ2n) is 4.91. The van der Waals surface area contributed by atoms with Crippen molar-refractivity contribution in [3.63, 3.8) is 0 Å². The number of anilines is 1. The molecule has 5 heteroatoms. The van der Waals surface area contributed by atoms with E-state index in [1.165, 1.54) is 0 Å². The van der Waals surface area contributed by atoms with Gasteiger partial charge in [0.1, 0.15) is 5.65 Å². The highest BCUT2D eigenvalue weighted by Crippen LogP contribution is 2.23. The quantitative estimate of drug-likeness (QED) is 0.789. The van der Waals surface area contributed by atoms with Gasteiger partial charge >= 0.3 is 0 Å². The van der Waals surface area contributed by atoms with Crippen molar-refractivity contribution >= 4 is 33.2 Å². The molecular formula is C16H14BrN3O. The predicted molar refractivity (Wildman–Crippen MR) is 86.4 cm³/mol. The number of aryl methyl sites for hydroxylation is 1. The molecule has 0 atom stereocenters. The summed E-state index contributed by atoms with van der Waals surface area (Å²) < 4.78 is 2.79. The lowest BCUT2D eigenvalue weighted by atomic mass is 10.2. The molecule has 21 heavy (non-hydrogen) atoms. The van der Waals surface area contributed by atoms with Gasteiger partial charge in [-0.15, -0.1) is 0 Å². The highest BCUT2D eigenvalue weighted by Gasteiger charge is 2.09. The van der Waals surface area contributed by atoms with Gasteiger partial charge in [0.05, 0.1) is 17.8 Å². The average molecular weight is 344 g/mol. The lowest BCUT2D eigenvalue weighted by Gasteiger charge is -2.07. The molecule has 1 amide bonds. The standard InChI is InChI=1S/C16H14BrN3O/c1-11-5-6-14(13(17)8-11)19-16(21)9-12-10-20-7-3-2-4-15(20)18-12/h2-8,10H,9H2,1H3,(H,19,21). The van der Waals surface area contributed by atoms with E-state index in [-0.39, 0.29) is 12.3 Å². The molecule has 0 fully saturated rings. The molecule has 4 nitrogen and oxygen atoms in total. The van der Waals surface area contributed by atoms with Gasteiger partial charge in [0.15, 0.2) is 0 Å². The zero-order valence-corrected chi connectivity index (χ0v) is 13.1. The van der Waals surface area contributed by atoms with E-state index >= 15 is 0 Å². The van der Waals surface area contributed by atoms with Crippen molar-refractivity contribution < 1.29 is 4.79 Å². The van der Waals surface area contributed by atoms with Crippen LogP contribution in [0.4, 0.5) is 5.69 Å². The van der Waals surface area contributed by atoms with Gasteiger partial charge in [-0.1, -0.05) is 12.1 Å². The van der Waals surface area contributed by atoms with E-state index < -0.39 is 0 Å². The highest BCUT2D eigenvalue weighted by molar-refractivity contribution is 9.10. The number of halogens is 1. The molecule has 106 valence electrons. The zero-order valence-electron chi connectivity index (χ0n) is 11.5. The number of nitrogens with zero attached hydrogens (tertiary/aromatic N) is 2. The lowest BCUT2D eigenvalue weighted by molar-refractivity contribution is -0.115. The average Bonchev–Trinajstić information content (AvgIpc) is 2.84. The molecule has 0 aliphatic heterocycles. The van der Waals surface area contributed by atoms with Gasteiger partial charge in [-0.3, -0.25) is 4.79 Å². The molecule has 0 aliphatic carbocycles. The maximum Gasteiger partial charge on any atom is 0.230 e. The van der Waals surface area contributed by atoms with Crippen LogP contribution in [0.1, 0.15) is 11.3 Å². The molecule has 3 aromatic rings. The van der Waals surface area contributed by atoms with Crippen LogP contribution in [0.25, 0.3) is 5.65 Å². The Balaban J connectivity index is 1.74. The third-order valence-corrected chi connectivity index (χ3v) is 3.81. The van der Waals surface area contributed by atoms with E-state index in [1.54, 1.807) is 0 Å². The van der Waals surface area contributed by atoms with E-state index in [1.807, 2.05) is 60.1 Å². The number of nitrogens with one attached hydrogen (secondary N) is 1. The minimum atomic E-state index is -0.0806. The SMILES string of the molecule is Cc1ccc(NC(=O)Cc2cn3ccccc3n2)c(Br)c1. The van der Waals surface area contributed by atoms with Crippen molar-refractivity contribution in [1.29, 1.82) is 0 Å². The molecule has 3 rings (SSSR count). The normalized spacial score (nSPS) is 10.8. The van der Waals surface area contributed by atoms with Crippen molar-refractivity contribution in [2.24, 2.45) is 0 Å². The number of hydrogen-bond donors (Lipinski definition) is 1. The molecule has 1 N–H and O–H groups in total. The van der Waals surface area contributed by atoms with Gasteiger partial charge in [-0.2, -0.15) is 0 Å². The molecule has 0 unspecified atom stereocenters. The Morgan fingerprint density at radius 1 is 1.33 bits per heavy atom. The Morgan fingerprint density at radius 3 is 2.95 bits per heavy atom. The summed E-state index contributed by atoms with van der Waals surface area (Å²) in [5, 5.41) is 2.90. The smallest absolute Gasteiger partial charge is 0.230 e. The Hall–Kier alpha value is -2.14. The Kier molecular flexibility index (Phi) is 3.75. The molecule has 0 aliphatic rings. The fraction of sp³-hybridized carbons (Fsp3) is 0.125. The van der Waals surface area contributed by atoms with Gasteiger partial charge in [0, 0.05) is 16.9 Å². The molecule has 0 spiro atoms. The van der Waals surface area contributed by atoms with Gasteiger partial charge in [0.2, 0.25) is 5.91 Å². The zero-order chi connectivity index (χ0) is 14.8. The first-order valence-corrected chi connectivity index (χ1v) is 7.40. The number of fused-ring (bicyclic) bond motifs is 1. The minimum absolute atomic E-state index is 0.0806. The van der Waals surface area contributed by atoms with Gasteiger partial charge in [0.25, 0.3) is 0 Å². The van der Waals surface area contributed by atoms with Gasteiger partial charge in [-0.05, 0) is 52.7 Å². The van der Waals surface area contributed by atoms with Crippen molar-refractivity contribution in [3.05, 3.63) is 64.5 Å². The predicted octanol–water partition coefficient (Wildman–Crippen LogP) is 3.59. The summed E-state index contributed by atoms with van der Waals surface area (Å²) in [6, 6.07) is 11.6. The van der Waals surface area contributed by atoms with E-state index in [4.69, 9.17) is 0 Å². The third kappa shape index (κ3) is 3.13. The number of rotatable bonds is 3. The van der Waals surface area contributed by atoms with Crippen LogP contribution in [-0.2, 0) is 11.2 Å². The summed E-state index contributed by atoms with van der Waals surface area (Å²) in [5.41, 5.74) is 3.51. The summed E-state index contributed by atoms with van der Waals surface area (Å²) in [4.78, 5) is 16.5. The number of benzene rings is 1. The van der Waals surface area contributed by atoms with Crippen molar-refractivity contribution in [1.82, 2.24) is 9.38 Å². The first-order valence-electron chi connectivity index (χ1n) is 6.60. The highest BCUT2D eigenvalue weighted by atomic mass is 79.9. The number of pyridine rings is 1. The molecule has 0 bridgehead atoms. The van der Waals surface area contributed by atoms with E-state index in [0.717, 1.165) is 27.1 Å². The molecule has 2 aromatic heterocycles. The lowest BCUT2D eigenvalue weighted by Crippen LogP contribution is -2.15. The van der Waals surface area contributed by atoms with Crippen LogP contribution < -0.4 is 5.32 Å². The van der Waals surface area contributed by atoms with Crippen LogP contribution in [0, 0.1) is 6.92 Å². The molecule has 0 saturated heterocycles. The fourth-order valence-electron chi connectivity index (χ4n) is 2.15. The number of amides is 1. The molecule has 0 radical (unpaired) electrons. The minimum Gasteiger partial charge on any atom is -0.325 e. The van der Waals surface area contributed by atoms with Gasteiger partial charge < -0.3 is 9.72 Å². The number of carbonyl (C=O) groups is 1. The van der Waals surface area contributed by atoms with Crippen molar-refractivity contribution in [3.8, 4) is 0 Å². The van der Waals surface area contributed by atoms with Crippen LogP contribution in [0.3, 0.4) is 0 Å². The molecule has 1 aromatic carbocycles. The van der Waals surface area contributed by atoms with Crippen LogP contribution in [0.15, 0.2) is 53.3 Å². The van der Waals surface area contributed by atoms with Gasteiger partial charge in [-0.25, -0.2) is 4.98 Å². The Labute approximate surface area is 131 Å². The number of hydrogen-bond acceptors (Lipinski definition) is 2. The first kappa shape index (κ1) is 13.8. The molecular weight excluding hydrogens is 330 g/mol. The third-order valence-electron chi connectivity index (χ3n) is 3.15. The summed E-state index contributed by atoms with van der Waals surface area (Å²) in [6.45, 7) is 2.01. The second kappa shape index (κ2) is 5.69. The monoisotopic (exact) mass is 343 g/mol. The summed E-state index contributed by atoms with van der Waals surface area (Å²) in [5.74, 6) is -0.0806. The van der Waals surface area contributed by atoms with E-state index in [2.05, 4.69) is 26.2 Å². The maximum absolute atomic E-state index is 12.1. The summed E-state index contributed by atoms with van der Waals surface area (Å²) in [6.07, 6.45) is 4.04. The van der Waals surface area contributed by atoms with Crippen LogP contribution >= 0.6 is 15.9 Å². The Morgan fingerprint density at radius 2 is 2.19 bits per heavy atom. The number of imidazole rings is 1. The molecule has 0 saturated carbocycles. The topological polar surface area (TPSA) is 46.4 Å². The first-order chi connectivity index (χ1) is 10.1. The fourth-order valence-corrected chi connectivity index (χ4v) is 2.75. The van der Waals surface area contributed by atoms with Crippen LogP contribution in [-0.4, -0.2) is 15.3 Å². The number of aromatic nitrogens is 2. The maximum atomic E-state index is 12.1. The molecule has 2 heterocycles. The largest absolute Gasteiger partial charge is 0.325 e. The Bertz CT molecular complexity index is 777. The summed E-state index contributed by atoms with van der Waals surface area (Å²) in [7, 11) is 0. The summed E-state index contributed by atoms with van der Waals surface area (Å²) >= 11 is 3.45. The van der Waals surface area contributed by atoms with E-state index in [0.29, 0.717) is 0 Å². The number of carbonyl (C=O) groups excluding carboxylic acids is 1. The van der Waals surface area contributed by atoms with E-state index in [9.17, 15) is 4.79 Å². The second-order valence-corrected chi connectivity index (χ2v) is 5.76.